The second-order valence-corrected chi connectivity index (χ2v) is 5.70. The standard InChI is InChI=1S/C20H16N2O2/c1-2-13-7-8-19-16(9-13)17(22-23)11-20(24-19)18-10-14-5-3-4-6-15(14)12-21-18/h3-12,23H,2H2,1H3/b22-17-. The number of aryl methyl sites for hydroxylation is 1. The number of pyridine rings is 1. The summed E-state index contributed by atoms with van der Waals surface area (Å²) >= 11 is 0. The predicted octanol–water partition coefficient (Wildman–Crippen LogP) is 4.50. The van der Waals surface area contributed by atoms with E-state index >= 15 is 0 Å². The molecule has 24 heavy (non-hydrogen) atoms. The molecule has 0 spiro atoms. The third kappa shape index (κ3) is 2.42. The molecule has 0 aliphatic rings. The van der Waals surface area contributed by atoms with Gasteiger partial charge in [-0.2, -0.15) is 0 Å². The Bertz CT molecular complexity index is 1110. The van der Waals surface area contributed by atoms with Gasteiger partial charge in [0.25, 0.3) is 0 Å². The number of fused-ring (bicyclic) bond motifs is 2. The molecule has 118 valence electrons. The Morgan fingerprint density at radius 1 is 1.04 bits per heavy atom. The molecule has 4 nitrogen and oxygen atoms in total. The lowest BCUT2D eigenvalue weighted by Gasteiger charge is -2.06. The zero-order valence-electron chi connectivity index (χ0n) is 13.2. The van der Waals surface area contributed by atoms with Gasteiger partial charge < -0.3 is 9.62 Å². The van der Waals surface area contributed by atoms with Crippen molar-refractivity contribution in [1.29, 1.82) is 0 Å². The summed E-state index contributed by atoms with van der Waals surface area (Å²) in [5, 5.41) is 16.3. The molecule has 0 fully saturated rings. The van der Waals surface area contributed by atoms with Crippen molar-refractivity contribution in [1.82, 2.24) is 4.98 Å². The smallest absolute Gasteiger partial charge is 0.155 e. The molecular weight excluding hydrogens is 300 g/mol. The first kappa shape index (κ1) is 14.5. The zero-order valence-corrected chi connectivity index (χ0v) is 13.2. The summed E-state index contributed by atoms with van der Waals surface area (Å²) in [7, 11) is 0. The van der Waals surface area contributed by atoms with Crippen molar-refractivity contribution in [3.8, 4) is 11.5 Å². The van der Waals surface area contributed by atoms with Crippen LogP contribution < -0.4 is 5.36 Å². The van der Waals surface area contributed by atoms with Gasteiger partial charge in [-0.05, 0) is 35.6 Å². The quantitative estimate of drug-likeness (QED) is 0.437. The van der Waals surface area contributed by atoms with Gasteiger partial charge in [-0.1, -0.05) is 42.4 Å². The molecule has 0 saturated carbocycles. The van der Waals surface area contributed by atoms with Gasteiger partial charge in [0.15, 0.2) is 5.76 Å². The first-order chi connectivity index (χ1) is 11.8. The maximum atomic E-state index is 9.41. The second kappa shape index (κ2) is 5.81. The minimum atomic E-state index is 0.483. The summed E-state index contributed by atoms with van der Waals surface area (Å²) in [5.74, 6) is 0.574. The van der Waals surface area contributed by atoms with Crippen LogP contribution in [0.3, 0.4) is 0 Å². The van der Waals surface area contributed by atoms with E-state index in [1.807, 2.05) is 54.7 Å². The lowest BCUT2D eigenvalue weighted by atomic mass is 10.1. The number of rotatable bonds is 2. The third-order valence-electron chi connectivity index (χ3n) is 4.21. The zero-order chi connectivity index (χ0) is 16.5. The summed E-state index contributed by atoms with van der Waals surface area (Å²) in [6, 6.07) is 17.6. The summed E-state index contributed by atoms with van der Waals surface area (Å²) in [4.78, 5) is 4.48. The number of nitrogens with zero attached hydrogens (tertiary/aromatic N) is 2. The summed E-state index contributed by atoms with van der Waals surface area (Å²) in [5.41, 5.74) is 2.55. The van der Waals surface area contributed by atoms with Crippen LogP contribution in [-0.2, 0) is 6.42 Å². The highest BCUT2D eigenvalue weighted by Gasteiger charge is 2.09. The van der Waals surface area contributed by atoms with E-state index in [2.05, 4.69) is 17.1 Å². The Kier molecular flexibility index (Phi) is 3.50. The van der Waals surface area contributed by atoms with Gasteiger partial charge in [-0.25, -0.2) is 0 Å². The van der Waals surface area contributed by atoms with Crippen LogP contribution in [0.4, 0.5) is 0 Å². The van der Waals surface area contributed by atoms with Crippen LogP contribution in [0.1, 0.15) is 12.5 Å². The fourth-order valence-electron chi connectivity index (χ4n) is 2.86. The normalized spacial score (nSPS) is 12.1. The van der Waals surface area contributed by atoms with Crippen molar-refractivity contribution in [3.63, 3.8) is 0 Å². The van der Waals surface area contributed by atoms with Gasteiger partial charge in [0.2, 0.25) is 0 Å². The maximum Gasteiger partial charge on any atom is 0.155 e. The molecule has 0 aliphatic heterocycles. The summed E-state index contributed by atoms with van der Waals surface area (Å²) < 4.78 is 6.01. The Labute approximate surface area is 138 Å². The number of hydrogen-bond donors (Lipinski definition) is 1. The highest BCUT2D eigenvalue weighted by Crippen LogP contribution is 2.24. The van der Waals surface area contributed by atoms with Crippen LogP contribution >= 0.6 is 0 Å². The molecule has 0 bridgehead atoms. The highest BCUT2D eigenvalue weighted by atomic mass is 16.4. The number of benzene rings is 2. The first-order valence-corrected chi connectivity index (χ1v) is 7.88. The van der Waals surface area contributed by atoms with E-state index in [0.717, 1.165) is 22.6 Å². The van der Waals surface area contributed by atoms with Crippen LogP contribution in [0.15, 0.2) is 70.4 Å². The molecular formula is C20H16N2O2. The van der Waals surface area contributed by atoms with Crippen LogP contribution in [0.2, 0.25) is 0 Å². The van der Waals surface area contributed by atoms with Crippen molar-refractivity contribution in [2.45, 2.75) is 13.3 Å². The number of hydrogen-bond acceptors (Lipinski definition) is 4. The maximum absolute atomic E-state index is 9.41. The molecule has 4 aromatic rings. The second-order valence-electron chi connectivity index (χ2n) is 5.70. The van der Waals surface area contributed by atoms with E-state index in [0.29, 0.717) is 22.4 Å². The topological polar surface area (TPSA) is 58.6 Å². The lowest BCUT2D eigenvalue weighted by Crippen LogP contribution is -2.04. The fourth-order valence-corrected chi connectivity index (χ4v) is 2.86. The van der Waals surface area contributed by atoms with Crippen molar-refractivity contribution < 1.29 is 9.62 Å². The van der Waals surface area contributed by atoms with E-state index in [9.17, 15) is 5.21 Å². The Balaban J connectivity index is 1.95. The van der Waals surface area contributed by atoms with Gasteiger partial charge in [-0.15, -0.1) is 0 Å². The molecule has 4 heteroatoms. The Hall–Kier alpha value is -3.14. The van der Waals surface area contributed by atoms with Crippen molar-refractivity contribution in [2.24, 2.45) is 5.16 Å². The van der Waals surface area contributed by atoms with Gasteiger partial charge in [0, 0.05) is 23.0 Å². The average molecular weight is 316 g/mol. The molecule has 0 amide bonds. The molecule has 0 radical (unpaired) electrons. The van der Waals surface area contributed by atoms with Crippen LogP contribution in [0.25, 0.3) is 33.2 Å². The average Bonchev–Trinajstić information content (AvgIpc) is 2.66. The molecule has 2 aromatic carbocycles. The van der Waals surface area contributed by atoms with E-state index in [1.165, 1.54) is 5.56 Å². The SMILES string of the molecule is CCc1ccc2oc(-c3cc4ccccc4cn3)c/c(=N/O)c2c1. The van der Waals surface area contributed by atoms with Gasteiger partial charge in [0.1, 0.15) is 16.6 Å². The molecule has 0 saturated heterocycles. The third-order valence-corrected chi connectivity index (χ3v) is 4.21. The van der Waals surface area contributed by atoms with Gasteiger partial charge >= 0.3 is 0 Å². The van der Waals surface area contributed by atoms with E-state index in [1.54, 1.807) is 6.07 Å². The summed E-state index contributed by atoms with van der Waals surface area (Å²) in [6.45, 7) is 2.08. The monoisotopic (exact) mass is 316 g/mol. The molecule has 0 aliphatic carbocycles. The van der Waals surface area contributed by atoms with E-state index in [4.69, 9.17) is 4.42 Å². The largest absolute Gasteiger partial charge is 0.454 e. The van der Waals surface area contributed by atoms with E-state index in [-0.39, 0.29) is 0 Å². The minimum absolute atomic E-state index is 0.483. The molecule has 0 unspecified atom stereocenters. The van der Waals surface area contributed by atoms with Crippen molar-refractivity contribution >= 4 is 21.7 Å². The van der Waals surface area contributed by atoms with Crippen LogP contribution in [0.5, 0.6) is 0 Å². The molecule has 1 N–H and O–H groups in total. The van der Waals surface area contributed by atoms with Crippen LogP contribution in [0, 0.1) is 0 Å². The number of aromatic nitrogens is 1. The van der Waals surface area contributed by atoms with Gasteiger partial charge in [-0.3, -0.25) is 4.98 Å². The molecule has 2 aromatic heterocycles. The lowest BCUT2D eigenvalue weighted by molar-refractivity contribution is 0.302. The van der Waals surface area contributed by atoms with Crippen molar-refractivity contribution in [2.75, 3.05) is 0 Å². The molecule has 4 rings (SSSR count). The van der Waals surface area contributed by atoms with E-state index < -0.39 is 0 Å². The highest BCUT2D eigenvalue weighted by molar-refractivity contribution is 5.85. The molecule has 2 heterocycles. The summed E-state index contributed by atoms with van der Waals surface area (Å²) in [6.07, 6.45) is 2.73. The fraction of sp³-hybridized carbons (Fsp3) is 0.100. The Morgan fingerprint density at radius 3 is 2.67 bits per heavy atom. The molecule has 0 atom stereocenters. The minimum Gasteiger partial charge on any atom is -0.454 e. The Morgan fingerprint density at radius 2 is 1.88 bits per heavy atom. The van der Waals surface area contributed by atoms with Gasteiger partial charge in [0.05, 0.1) is 0 Å². The van der Waals surface area contributed by atoms with Crippen LogP contribution in [-0.4, -0.2) is 10.2 Å². The first-order valence-electron chi connectivity index (χ1n) is 7.88. The van der Waals surface area contributed by atoms with Crippen molar-refractivity contribution in [3.05, 3.63) is 71.7 Å². The predicted molar refractivity (Wildman–Crippen MR) is 93.7 cm³/mol.